The summed E-state index contributed by atoms with van der Waals surface area (Å²) in [4.78, 5) is 0. The van der Waals surface area contributed by atoms with E-state index >= 15 is 0 Å². The van der Waals surface area contributed by atoms with Crippen molar-refractivity contribution < 1.29 is 0 Å². The van der Waals surface area contributed by atoms with Crippen molar-refractivity contribution in [1.82, 2.24) is 5.32 Å². The Morgan fingerprint density at radius 1 is 1.26 bits per heavy atom. The molecule has 1 fully saturated rings. The molecule has 1 aliphatic carbocycles. The fourth-order valence-corrected chi connectivity index (χ4v) is 3.58. The standard InChI is InChI=1S/C17H26ClN/c1-4-13-5-7-14(8-6-13)17(19-3)15-9-10-16(18)12(2)11-15/h9-11,13-14,17,19H,4-8H2,1-3H3. The lowest BCUT2D eigenvalue weighted by Gasteiger charge is -2.34. The third-order valence-electron chi connectivity index (χ3n) is 4.79. The predicted octanol–water partition coefficient (Wildman–Crippen LogP) is 5.13. The van der Waals surface area contributed by atoms with Gasteiger partial charge in [-0.05, 0) is 55.8 Å². The molecule has 1 N–H and O–H groups in total. The Morgan fingerprint density at radius 3 is 2.47 bits per heavy atom. The van der Waals surface area contributed by atoms with Gasteiger partial charge in [0.15, 0.2) is 0 Å². The highest BCUT2D eigenvalue weighted by atomic mass is 35.5. The summed E-state index contributed by atoms with van der Waals surface area (Å²) < 4.78 is 0. The summed E-state index contributed by atoms with van der Waals surface area (Å²) in [6.07, 6.45) is 6.84. The van der Waals surface area contributed by atoms with Crippen LogP contribution >= 0.6 is 11.6 Å². The second-order valence-corrected chi connectivity index (χ2v) is 6.37. The van der Waals surface area contributed by atoms with Crippen LogP contribution in [-0.2, 0) is 0 Å². The summed E-state index contributed by atoms with van der Waals surface area (Å²) in [6.45, 7) is 4.41. The molecule has 2 rings (SSSR count). The van der Waals surface area contributed by atoms with Crippen LogP contribution in [0.5, 0.6) is 0 Å². The van der Waals surface area contributed by atoms with Gasteiger partial charge in [0.2, 0.25) is 0 Å². The Hall–Kier alpha value is -0.530. The van der Waals surface area contributed by atoms with Crippen LogP contribution in [0.4, 0.5) is 0 Å². The van der Waals surface area contributed by atoms with E-state index in [1.165, 1.54) is 43.2 Å². The van der Waals surface area contributed by atoms with Gasteiger partial charge in [-0.2, -0.15) is 0 Å². The Balaban J connectivity index is 2.09. The van der Waals surface area contributed by atoms with Crippen molar-refractivity contribution in [1.29, 1.82) is 0 Å². The van der Waals surface area contributed by atoms with Crippen molar-refractivity contribution in [3.63, 3.8) is 0 Å². The predicted molar refractivity (Wildman–Crippen MR) is 83.7 cm³/mol. The summed E-state index contributed by atoms with van der Waals surface area (Å²) in [6, 6.07) is 6.94. The van der Waals surface area contributed by atoms with Gasteiger partial charge in [-0.1, -0.05) is 49.9 Å². The van der Waals surface area contributed by atoms with Gasteiger partial charge in [0, 0.05) is 11.1 Å². The van der Waals surface area contributed by atoms with Crippen LogP contribution in [0.2, 0.25) is 5.02 Å². The number of hydrogen-bond donors (Lipinski definition) is 1. The first-order valence-corrected chi connectivity index (χ1v) is 7.96. The first-order chi connectivity index (χ1) is 9.15. The van der Waals surface area contributed by atoms with E-state index in [1.807, 2.05) is 6.07 Å². The van der Waals surface area contributed by atoms with Crippen LogP contribution in [-0.4, -0.2) is 7.05 Å². The van der Waals surface area contributed by atoms with Crippen molar-refractivity contribution in [2.24, 2.45) is 11.8 Å². The summed E-state index contributed by atoms with van der Waals surface area (Å²) in [5.41, 5.74) is 2.58. The Morgan fingerprint density at radius 2 is 1.95 bits per heavy atom. The molecule has 0 aliphatic heterocycles. The van der Waals surface area contributed by atoms with E-state index in [-0.39, 0.29) is 0 Å². The zero-order valence-corrected chi connectivity index (χ0v) is 13.1. The molecule has 1 aromatic carbocycles. The molecular formula is C17H26ClN. The minimum Gasteiger partial charge on any atom is -0.313 e. The lowest BCUT2D eigenvalue weighted by molar-refractivity contribution is 0.224. The summed E-state index contributed by atoms with van der Waals surface area (Å²) in [7, 11) is 2.08. The smallest absolute Gasteiger partial charge is 0.0435 e. The van der Waals surface area contributed by atoms with Crippen LogP contribution < -0.4 is 5.32 Å². The quantitative estimate of drug-likeness (QED) is 0.806. The number of benzene rings is 1. The van der Waals surface area contributed by atoms with E-state index in [0.717, 1.165) is 16.9 Å². The van der Waals surface area contributed by atoms with Gasteiger partial charge in [0.25, 0.3) is 0 Å². The molecule has 1 atom stereocenters. The van der Waals surface area contributed by atoms with Gasteiger partial charge in [0.1, 0.15) is 0 Å². The van der Waals surface area contributed by atoms with Crippen molar-refractivity contribution in [2.75, 3.05) is 7.05 Å². The molecule has 0 bridgehead atoms. The van der Waals surface area contributed by atoms with Gasteiger partial charge < -0.3 is 5.32 Å². The van der Waals surface area contributed by atoms with E-state index in [4.69, 9.17) is 11.6 Å². The molecule has 0 amide bonds. The maximum atomic E-state index is 6.13. The Kier molecular flexibility index (Phi) is 5.29. The summed E-state index contributed by atoms with van der Waals surface area (Å²) >= 11 is 6.13. The molecule has 2 heteroatoms. The zero-order valence-electron chi connectivity index (χ0n) is 12.4. The van der Waals surface area contributed by atoms with Crippen LogP contribution in [0.25, 0.3) is 0 Å². The van der Waals surface area contributed by atoms with E-state index in [2.05, 4.69) is 38.3 Å². The number of halogens is 1. The number of rotatable bonds is 4. The fraction of sp³-hybridized carbons (Fsp3) is 0.647. The Bertz CT molecular complexity index is 408. The van der Waals surface area contributed by atoms with Crippen molar-refractivity contribution in [2.45, 2.75) is 52.0 Å². The van der Waals surface area contributed by atoms with Crippen LogP contribution in [0, 0.1) is 18.8 Å². The number of aryl methyl sites for hydroxylation is 1. The third-order valence-corrected chi connectivity index (χ3v) is 5.22. The highest BCUT2D eigenvalue weighted by molar-refractivity contribution is 6.31. The Labute approximate surface area is 122 Å². The van der Waals surface area contributed by atoms with Crippen LogP contribution in [0.15, 0.2) is 18.2 Å². The van der Waals surface area contributed by atoms with Gasteiger partial charge >= 0.3 is 0 Å². The van der Waals surface area contributed by atoms with Crippen molar-refractivity contribution in [3.8, 4) is 0 Å². The first kappa shape index (κ1) is 14.9. The molecule has 1 unspecified atom stereocenters. The van der Waals surface area contributed by atoms with Gasteiger partial charge in [-0.3, -0.25) is 0 Å². The largest absolute Gasteiger partial charge is 0.313 e. The van der Waals surface area contributed by atoms with Crippen molar-refractivity contribution >= 4 is 11.6 Å². The molecule has 0 spiro atoms. The van der Waals surface area contributed by atoms with Gasteiger partial charge in [-0.15, -0.1) is 0 Å². The minimum absolute atomic E-state index is 0.480. The first-order valence-electron chi connectivity index (χ1n) is 7.59. The number of nitrogens with one attached hydrogen (secondary N) is 1. The molecule has 1 aromatic rings. The summed E-state index contributed by atoms with van der Waals surface area (Å²) in [5, 5.41) is 4.39. The van der Waals surface area contributed by atoms with E-state index in [0.29, 0.717) is 6.04 Å². The molecule has 1 saturated carbocycles. The SMILES string of the molecule is CCC1CCC(C(NC)c2ccc(Cl)c(C)c2)CC1. The average molecular weight is 280 g/mol. The topological polar surface area (TPSA) is 12.0 Å². The molecule has 106 valence electrons. The second kappa shape index (κ2) is 6.76. The molecule has 0 radical (unpaired) electrons. The third kappa shape index (κ3) is 3.52. The van der Waals surface area contributed by atoms with Crippen molar-refractivity contribution in [3.05, 3.63) is 34.3 Å². The highest BCUT2D eigenvalue weighted by Crippen LogP contribution is 2.38. The molecule has 19 heavy (non-hydrogen) atoms. The second-order valence-electron chi connectivity index (χ2n) is 5.96. The van der Waals surface area contributed by atoms with Gasteiger partial charge in [0.05, 0.1) is 0 Å². The zero-order chi connectivity index (χ0) is 13.8. The normalized spacial score (nSPS) is 25.3. The maximum absolute atomic E-state index is 6.13. The van der Waals surface area contributed by atoms with E-state index in [1.54, 1.807) is 0 Å². The monoisotopic (exact) mass is 279 g/mol. The van der Waals surface area contributed by atoms with Crippen LogP contribution in [0.3, 0.4) is 0 Å². The average Bonchev–Trinajstić information content (AvgIpc) is 2.44. The molecule has 1 nitrogen and oxygen atoms in total. The van der Waals surface area contributed by atoms with E-state index < -0.39 is 0 Å². The fourth-order valence-electron chi connectivity index (χ4n) is 3.47. The van der Waals surface area contributed by atoms with E-state index in [9.17, 15) is 0 Å². The molecular weight excluding hydrogens is 254 g/mol. The minimum atomic E-state index is 0.480. The molecule has 1 aliphatic rings. The lowest BCUT2D eigenvalue weighted by atomic mass is 9.76. The number of hydrogen-bond acceptors (Lipinski definition) is 1. The van der Waals surface area contributed by atoms with Gasteiger partial charge in [-0.25, -0.2) is 0 Å². The van der Waals surface area contributed by atoms with Crippen LogP contribution in [0.1, 0.15) is 56.2 Å². The highest BCUT2D eigenvalue weighted by Gasteiger charge is 2.27. The molecule has 0 saturated heterocycles. The molecule has 0 heterocycles. The molecule has 0 aromatic heterocycles. The summed E-state index contributed by atoms with van der Waals surface area (Å²) in [5.74, 6) is 1.73. The maximum Gasteiger partial charge on any atom is 0.0435 e. The lowest BCUT2D eigenvalue weighted by Crippen LogP contribution is -2.28.